The quantitative estimate of drug-likeness (QED) is 0.946. The Morgan fingerprint density at radius 2 is 2.25 bits per heavy atom. The van der Waals surface area contributed by atoms with Crippen LogP contribution in [0.25, 0.3) is 0 Å². The molecule has 4 nitrogen and oxygen atoms in total. The van der Waals surface area contributed by atoms with E-state index in [0.29, 0.717) is 18.1 Å². The van der Waals surface area contributed by atoms with Gasteiger partial charge >= 0.3 is 0 Å². The average molecular weight is 293 g/mol. The van der Waals surface area contributed by atoms with Gasteiger partial charge in [0.2, 0.25) is 0 Å². The fourth-order valence-electron chi connectivity index (χ4n) is 2.75. The summed E-state index contributed by atoms with van der Waals surface area (Å²) in [5.41, 5.74) is 3.78. The molecular formula is C15H17ClN2O2. The number of nitrogens with zero attached hydrogens (tertiary/aromatic N) is 2. The number of hydrogen-bond acceptors (Lipinski definition) is 3. The molecule has 20 heavy (non-hydrogen) atoms. The van der Waals surface area contributed by atoms with Crippen molar-refractivity contribution in [2.24, 2.45) is 7.05 Å². The first kappa shape index (κ1) is 13.5. The Morgan fingerprint density at radius 3 is 2.95 bits per heavy atom. The van der Waals surface area contributed by atoms with Crippen molar-refractivity contribution in [1.29, 1.82) is 0 Å². The number of rotatable bonds is 3. The third-order valence-electron chi connectivity index (χ3n) is 3.62. The molecule has 0 aliphatic carbocycles. The number of benzene rings is 1. The first-order valence-electron chi connectivity index (χ1n) is 6.67. The third kappa shape index (κ3) is 2.41. The van der Waals surface area contributed by atoms with Crippen molar-refractivity contribution in [2.75, 3.05) is 6.61 Å². The van der Waals surface area contributed by atoms with E-state index >= 15 is 0 Å². The van der Waals surface area contributed by atoms with Crippen LogP contribution < -0.4 is 4.74 Å². The van der Waals surface area contributed by atoms with E-state index in [2.05, 4.69) is 5.10 Å². The largest absolute Gasteiger partial charge is 0.493 e. The Morgan fingerprint density at radius 1 is 1.45 bits per heavy atom. The van der Waals surface area contributed by atoms with Gasteiger partial charge < -0.3 is 9.84 Å². The monoisotopic (exact) mass is 292 g/mol. The van der Waals surface area contributed by atoms with Crippen LogP contribution in [0.1, 0.15) is 28.6 Å². The molecule has 2 heterocycles. The molecule has 0 saturated carbocycles. The molecule has 0 radical (unpaired) electrons. The number of fused-ring (bicyclic) bond motifs is 1. The van der Waals surface area contributed by atoms with Crippen LogP contribution in [0.4, 0.5) is 0 Å². The minimum absolute atomic E-state index is 0.474. The third-order valence-corrected chi connectivity index (χ3v) is 3.84. The Labute approximate surface area is 122 Å². The Hall–Kier alpha value is -1.52. The highest BCUT2D eigenvalue weighted by molar-refractivity contribution is 6.30. The van der Waals surface area contributed by atoms with Gasteiger partial charge in [-0.25, -0.2) is 0 Å². The van der Waals surface area contributed by atoms with Gasteiger partial charge in [0.15, 0.2) is 0 Å². The van der Waals surface area contributed by atoms with Gasteiger partial charge in [-0.1, -0.05) is 11.6 Å². The van der Waals surface area contributed by atoms with Crippen LogP contribution in [0.5, 0.6) is 5.75 Å². The lowest BCUT2D eigenvalue weighted by atomic mass is 10.0. The van der Waals surface area contributed by atoms with E-state index in [1.54, 1.807) is 4.68 Å². The van der Waals surface area contributed by atoms with E-state index in [4.69, 9.17) is 16.3 Å². The van der Waals surface area contributed by atoms with E-state index in [1.807, 2.05) is 32.2 Å². The van der Waals surface area contributed by atoms with Crippen LogP contribution in [0, 0.1) is 6.92 Å². The number of aryl methyl sites for hydroxylation is 2. The molecule has 3 rings (SSSR count). The summed E-state index contributed by atoms with van der Waals surface area (Å²) in [6, 6.07) is 5.71. The summed E-state index contributed by atoms with van der Waals surface area (Å²) in [4.78, 5) is 0. The molecule has 106 valence electrons. The van der Waals surface area contributed by atoms with E-state index < -0.39 is 6.10 Å². The van der Waals surface area contributed by atoms with Gasteiger partial charge in [0.25, 0.3) is 0 Å². The molecule has 5 heteroatoms. The molecule has 2 aromatic rings. The van der Waals surface area contributed by atoms with Crippen LogP contribution in [-0.2, 0) is 19.9 Å². The van der Waals surface area contributed by atoms with Crippen molar-refractivity contribution >= 4 is 11.6 Å². The van der Waals surface area contributed by atoms with Crippen molar-refractivity contribution in [3.63, 3.8) is 0 Å². The van der Waals surface area contributed by atoms with Gasteiger partial charge in [-0.2, -0.15) is 5.10 Å². The summed E-state index contributed by atoms with van der Waals surface area (Å²) < 4.78 is 7.38. The minimum atomic E-state index is -0.618. The molecule has 0 amide bonds. The zero-order valence-corrected chi connectivity index (χ0v) is 12.3. The predicted octanol–water partition coefficient (Wildman–Crippen LogP) is 2.59. The van der Waals surface area contributed by atoms with Crippen LogP contribution >= 0.6 is 11.6 Å². The summed E-state index contributed by atoms with van der Waals surface area (Å²) in [5.74, 6) is 0.882. The molecule has 1 unspecified atom stereocenters. The van der Waals surface area contributed by atoms with E-state index in [0.717, 1.165) is 34.7 Å². The highest BCUT2D eigenvalue weighted by Crippen LogP contribution is 2.35. The number of halogens is 1. The predicted molar refractivity (Wildman–Crippen MR) is 77.3 cm³/mol. The van der Waals surface area contributed by atoms with Crippen LogP contribution in [0.2, 0.25) is 5.02 Å². The number of aromatic nitrogens is 2. The number of hydrogen-bond donors (Lipinski definition) is 1. The number of ether oxygens (including phenoxy) is 1. The molecule has 1 N–H and O–H groups in total. The second kappa shape index (κ2) is 5.11. The highest BCUT2D eigenvalue weighted by Gasteiger charge is 2.21. The average Bonchev–Trinajstić information content (AvgIpc) is 2.95. The topological polar surface area (TPSA) is 47.3 Å². The SMILES string of the molecule is Cc1cc(C(O)Cc2cc(Cl)cc3c2OCC3)n(C)n1. The Balaban J connectivity index is 1.90. The number of aliphatic hydroxyl groups is 1. The van der Waals surface area contributed by atoms with Crippen molar-refractivity contribution in [2.45, 2.75) is 25.9 Å². The van der Waals surface area contributed by atoms with Gasteiger partial charge in [-0.05, 0) is 36.2 Å². The van der Waals surface area contributed by atoms with Crippen molar-refractivity contribution < 1.29 is 9.84 Å². The second-order valence-electron chi connectivity index (χ2n) is 5.21. The Bertz CT molecular complexity index is 652. The maximum Gasteiger partial charge on any atom is 0.126 e. The normalized spacial score (nSPS) is 15.0. The van der Waals surface area contributed by atoms with Crippen LogP contribution in [0.3, 0.4) is 0 Å². The fourth-order valence-corrected chi connectivity index (χ4v) is 3.02. The van der Waals surface area contributed by atoms with Crippen LogP contribution in [-0.4, -0.2) is 21.5 Å². The lowest BCUT2D eigenvalue weighted by Crippen LogP contribution is -2.08. The van der Waals surface area contributed by atoms with Crippen molar-refractivity contribution in [3.8, 4) is 5.75 Å². The van der Waals surface area contributed by atoms with Gasteiger partial charge in [-0.15, -0.1) is 0 Å². The second-order valence-corrected chi connectivity index (χ2v) is 5.64. The first-order chi connectivity index (χ1) is 9.54. The van der Waals surface area contributed by atoms with Gasteiger partial charge in [0.05, 0.1) is 24.1 Å². The van der Waals surface area contributed by atoms with Crippen molar-refractivity contribution in [3.05, 3.63) is 45.7 Å². The molecule has 0 saturated heterocycles. The zero-order valence-electron chi connectivity index (χ0n) is 11.6. The molecule has 0 fully saturated rings. The highest BCUT2D eigenvalue weighted by atomic mass is 35.5. The Kier molecular flexibility index (Phi) is 3.44. The van der Waals surface area contributed by atoms with Gasteiger partial charge in [0, 0.05) is 24.9 Å². The molecule has 1 aliphatic rings. The molecule has 1 atom stereocenters. The van der Waals surface area contributed by atoms with Crippen molar-refractivity contribution in [1.82, 2.24) is 9.78 Å². The lowest BCUT2D eigenvalue weighted by Gasteiger charge is -2.14. The maximum absolute atomic E-state index is 10.4. The zero-order chi connectivity index (χ0) is 14.3. The summed E-state index contributed by atoms with van der Waals surface area (Å²) in [5, 5.41) is 15.4. The summed E-state index contributed by atoms with van der Waals surface area (Å²) in [6.07, 6.45) is 0.735. The fraction of sp³-hybridized carbons (Fsp3) is 0.400. The molecule has 1 aromatic carbocycles. The summed E-state index contributed by atoms with van der Waals surface area (Å²) in [7, 11) is 1.84. The molecule has 0 spiro atoms. The first-order valence-corrected chi connectivity index (χ1v) is 7.05. The standard InChI is InChI=1S/C15H17ClN2O2/c1-9-5-13(18(2)17-9)14(19)8-11-7-12(16)6-10-3-4-20-15(10)11/h5-7,14,19H,3-4,8H2,1-2H3. The number of aliphatic hydroxyl groups excluding tert-OH is 1. The van der Waals surface area contributed by atoms with E-state index in [1.165, 1.54) is 0 Å². The lowest BCUT2D eigenvalue weighted by molar-refractivity contribution is 0.167. The smallest absolute Gasteiger partial charge is 0.126 e. The molecule has 1 aromatic heterocycles. The van der Waals surface area contributed by atoms with E-state index in [9.17, 15) is 5.11 Å². The molecular weight excluding hydrogens is 276 g/mol. The molecule has 1 aliphatic heterocycles. The summed E-state index contributed by atoms with van der Waals surface area (Å²) in [6.45, 7) is 2.60. The van der Waals surface area contributed by atoms with E-state index in [-0.39, 0.29) is 0 Å². The summed E-state index contributed by atoms with van der Waals surface area (Å²) >= 11 is 6.14. The molecule has 0 bridgehead atoms. The maximum atomic E-state index is 10.4. The van der Waals surface area contributed by atoms with Crippen LogP contribution in [0.15, 0.2) is 18.2 Å². The van der Waals surface area contributed by atoms with Gasteiger partial charge in [0.1, 0.15) is 5.75 Å². The minimum Gasteiger partial charge on any atom is -0.493 e. The van der Waals surface area contributed by atoms with Gasteiger partial charge in [-0.3, -0.25) is 4.68 Å².